The predicted octanol–water partition coefficient (Wildman–Crippen LogP) is 2.51. The number of nitrogens with zero attached hydrogens (tertiary/aromatic N) is 2. The van der Waals surface area contributed by atoms with Crippen molar-refractivity contribution in [3.8, 4) is 0 Å². The monoisotopic (exact) mass is 259 g/mol. The van der Waals surface area contributed by atoms with E-state index in [1.54, 1.807) is 7.11 Å². The summed E-state index contributed by atoms with van der Waals surface area (Å²) in [6.07, 6.45) is 0. The van der Waals surface area contributed by atoms with Crippen LogP contribution in [0.1, 0.15) is 37.0 Å². The van der Waals surface area contributed by atoms with Gasteiger partial charge in [0.15, 0.2) is 0 Å². The lowest BCUT2D eigenvalue weighted by Crippen LogP contribution is -2.21. The minimum atomic E-state index is -0.534. The van der Waals surface area contributed by atoms with Crippen molar-refractivity contribution >= 4 is 5.69 Å². The van der Waals surface area contributed by atoms with E-state index >= 15 is 0 Å². The Labute approximate surface area is 112 Å². The van der Waals surface area contributed by atoms with Gasteiger partial charge in [0, 0.05) is 19.3 Å². The molecule has 2 aromatic rings. The van der Waals surface area contributed by atoms with E-state index in [4.69, 9.17) is 9.26 Å². The molecular formula is C14H17N3O2. The van der Waals surface area contributed by atoms with Crippen molar-refractivity contribution in [2.75, 3.05) is 19.0 Å². The molecule has 1 unspecified atom stereocenters. The van der Waals surface area contributed by atoms with Crippen molar-refractivity contribution < 1.29 is 9.26 Å². The van der Waals surface area contributed by atoms with Gasteiger partial charge in [-0.05, 0) is 25.5 Å². The fourth-order valence-electron chi connectivity index (χ4n) is 2.22. The first-order chi connectivity index (χ1) is 9.12. The summed E-state index contributed by atoms with van der Waals surface area (Å²) in [5.41, 5.74) is 1.80. The standard InChI is InChI=1S/C14H17N3O2/c1-14(2,18-3)13-16-12(19-17-13)10-8-15-11-7-5-4-6-9(10)11/h4-7,10,15H,8H2,1-3H3. The van der Waals surface area contributed by atoms with Gasteiger partial charge in [0.2, 0.25) is 11.7 Å². The van der Waals surface area contributed by atoms with E-state index < -0.39 is 5.60 Å². The van der Waals surface area contributed by atoms with E-state index in [1.165, 1.54) is 5.56 Å². The fraction of sp³-hybridized carbons (Fsp3) is 0.429. The predicted molar refractivity (Wildman–Crippen MR) is 71.1 cm³/mol. The molecule has 0 bridgehead atoms. The molecule has 1 aromatic heterocycles. The molecule has 5 heteroatoms. The number of hydrogen-bond acceptors (Lipinski definition) is 5. The van der Waals surface area contributed by atoms with Crippen molar-refractivity contribution in [1.29, 1.82) is 0 Å². The SMILES string of the molecule is COC(C)(C)c1noc(C2CNc3ccccc32)n1. The Morgan fingerprint density at radius 2 is 2.16 bits per heavy atom. The lowest BCUT2D eigenvalue weighted by atomic mass is 10.0. The van der Waals surface area contributed by atoms with Gasteiger partial charge in [-0.1, -0.05) is 23.4 Å². The third-order valence-corrected chi connectivity index (χ3v) is 3.62. The Kier molecular flexibility index (Phi) is 2.78. The minimum Gasteiger partial charge on any atom is -0.384 e. The molecule has 0 saturated carbocycles. The summed E-state index contributed by atoms with van der Waals surface area (Å²) < 4.78 is 10.8. The molecule has 0 amide bonds. The van der Waals surface area contributed by atoms with Gasteiger partial charge >= 0.3 is 0 Å². The highest BCUT2D eigenvalue weighted by molar-refractivity contribution is 5.59. The second-order valence-electron chi connectivity index (χ2n) is 5.19. The van der Waals surface area contributed by atoms with Gasteiger partial charge in [-0.25, -0.2) is 0 Å². The Bertz CT molecular complexity index is 592. The Morgan fingerprint density at radius 1 is 1.37 bits per heavy atom. The molecule has 1 N–H and O–H groups in total. The van der Waals surface area contributed by atoms with Crippen LogP contribution in [0, 0.1) is 0 Å². The van der Waals surface area contributed by atoms with Crippen LogP contribution in [0.4, 0.5) is 5.69 Å². The highest BCUT2D eigenvalue weighted by Crippen LogP contribution is 2.35. The Balaban J connectivity index is 1.93. The molecule has 0 aliphatic carbocycles. The third-order valence-electron chi connectivity index (χ3n) is 3.62. The van der Waals surface area contributed by atoms with Gasteiger partial charge in [-0.3, -0.25) is 0 Å². The Hall–Kier alpha value is -1.88. The van der Waals surface area contributed by atoms with Crippen molar-refractivity contribution in [1.82, 2.24) is 10.1 Å². The van der Waals surface area contributed by atoms with Gasteiger partial charge in [-0.2, -0.15) is 4.98 Å². The second-order valence-corrected chi connectivity index (χ2v) is 5.19. The van der Waals surface area contributed by atoms with Crippen LogP contribution >= 0.6 is 0 Å². The van der Waals surface area contributed by atoms with E-state index in [0.717, 1.165) is 12.2 Å². The molecule has 1 atom stereocenters. The van der Waals surface area contributed by atoms with Crippen LogP contribution in [0.15, 0.2) is 28.8 Å². The lowest BCUT2D eigenvalue weighted by molar-refractivity contribution is 0.00973. The van der Waals surface area contributed by atoms with Crippen LogP contribution < -0.4 is 5.32 Å². The quantitative estimate of drug-likeness (QED) is 0.917. The normalized spacial score (nSPS) is 18.2. The molecule has 3 rings (SSSR count). The number of aromatic nitrogens is 2. The second kappa shape index (κ2) is 4.35. The smallest absolute Gasteiger partial charge is 0.236 e. The first kappa shape index (κ1) is 12.2. The summed E-state index contributed by atoms with van der Waals surface area (Å²) in [5, 5.41) is 7.39. The van der Waals surface area contributed by atoms with Crippen LogP contribution in [0.5, 0.6) is 0 Å². The van der Waals surface area contributed by atoms with Gasteiger partial charge in [0.25, 0.3) is 0 Å². The molecule has 0 spiro atoms. The Morgan fingerprint density at radius 3 is 2.95 bits per heavy atom. The summed E-state index contributed by atoms with van der Waals surface area (Å²) in [5.74, 6) is 1.33. The number of hydrogen-bond donors (Lipinski definition) is 1. The molecule has 0 fully saturated rings. The highest BCUT2D eigenvalue weighted by atomic mass is 16.5. The van der Waals surface area contributed by atoms with Gasteiger partial charge in [0.05, 0.1) is 5.92 Å². The average molecular weight is 259 g/mol. The molecule has 0 radical (unpaired) electrons. The maximum atomic E-state index is 5.41. The van der Waals surface area contributed by atoms with Gasteiger partial charge < -0.3 is 14.6 Å². The molecule has 19 heavy (non-hydrogen) atoms. The number of nitrogens with one attached hydrogen (secondary N) is 1. The first-order valence-corrected chi connectivity index (χ1v) is 6.34. The van der Waals surface area contributed by atoms with E-state index in [1.807, 2.05) is 26.0 Å². The summed E-state index contributed by atoms with van der Waals surface area (Å²) in [6, 6.07) is 8.19. The number of methoxy groups -OCH3 is 1. The third kappa shape index (κ3) is 2.00. The molecule has 100 valence electrons. The van der Waals surface area contributed by atoms with Crippen molar-refractivity contribution in [3.05, 3.63) is 41.5 Å². The number of ether oxygens (including phenoxy) is 1. The number of anilines is 1. The van der Waals surface area contributed by atoms with Crippen molar-refractivity contribution in [2.45, 2.75) is 25.4 Å². The molecule has 1 aromatic carbocycles. The van der Waals surface area contributed by atoms with E-state index in [2.05, 4.69) is 27.6 Å². The maximum absolute atomic E-state index is 5.41. The zero-order chi connectivity index (χ0) is 13.5. The number of para-hydroxylation sites is 1. The van der Waals surface area contributed by atoms with Crippen LogP contribution in [0.2, 0.25) is 0 Å². The zero-order valence-electron chi connectivity index (χ0n) is 11.3. The fourth-order valence-corrected chi connectivity index (χ4v) is 2.22. The average Bonchev–Trinajstić information content (AvgIpc) is 3.05. The van der Waals surface area contributed by atoms with E-state index in [0.29, 0.717) is 11.7 Å². The van der Waals surface area contributed by atoms with Crippen LogP contribution in [0.25, 0.3) is 0 Å². The summed E-state index contributed by atoms with van der Waals surface area (Å²) in [6.45, 7) is 4.62. The maximum Gasteiger partial charge on any atom is 0.236 e. The topological polar surface area (TPSA) is 60.2 Å². The van der Waals surface area contributed by atoms with E-state index in [9.17, 15) is 0 Å². The van der Waals surface area contributed by atoms with Crippen LogP contribution in [-0.2, 0) is 10.3 Å². The first-order valence-electron chi connectivity index (χ1n) is 6.34. The molecular weight excluding hydrogens is 242 g/mol. The van der Waals surface area contributed by atoms with Crippen molar-refractivity contribution in [2.24, 2.45) is 0 Å². The molecule has 5 nitrogen and oxygen atoms in total. The largest absolute Gasteiger partial charge is 0.384 e. The van der Waals surface area contributed by atoms with Crippen LogP contribution in [-0.4, -0.2) is 23.8 Å². The summed E-state index contributed by atoms with van der Waals surface area (Å²) >= 11 is 0. The highest BCUT2D eigenvalue weighted by Gasteiger charge is 2.32. The minimum absolute atomic E-state index is 0.116. The van der Waals surface area contributed by atoms with Gasteiger partial charge in [0.1, 0.15) is 5.60 Å². The summed E-state index contributed by atoms with van der Waals surface area (Å²) in [4.78, 5) is 4.49. The number of rotatable bonds is 3. The molecule has 2 heterocycles. The van der Waals surface area contributed by atoms with Crippen molar-refractivity contribution in [3.63, 3.8) is 0 Å². The lowest BCUT2D eigenvalue weighted by Gasteiger charge is -2.17. The summed E-state index contributed by atoms with van der Waals surface area (Å²) in [7, 11) is 1.64. The van der Waals surface area contributed by atoms with Crippen LogP contribution in [0.3, 0.4) is 0 Å². The molecule has 0 saturated heterocycles. The van der Waals surface area contributed by atoms with E-state index in [-0.39, 0.29) is 5.92 Å². The zero-order valence-corrected chi connectivity index (χ0v) is 11.3. The number of fused-ring (bicyclic) bond motifs is 1. The number of benzene rings is 1. The van der Waals surface area contributed by atoms with Gasteiger partial charge in [-0.15, -0.1) is 0 Å². The molecule has 1 aliphatic heterocycles. The molecule has 1 aliphatic rings.